The van der Waals surface area contributed by atoms with Crippen LogP contribution in [0.5, 0.6) is 17.4 Å². The number of pyridine rings is 1. The Bertz CT molecular complexity index is 2020. The molecule has 2 aliphatic carbocycles. The molecule has 0 radical (unpaired) electrons. The van der Waals surface area contributed by atoms with Crippen molar-refractivity contribution in [3.8, 4) is 17.4 Å². The number of nitrogens with zero attached hydrogens (tertiary/aromatic N) is 2. The van der Waals surface area contributed by atoms with E-state index in [1.807, 2.05) is 30.4 Å². The van der Waals surface area contributed by atoms with Crippen LogP contribution in [0.15, 0.2) is 36.4 Å². The molecule has 2 saturated carbocycles. The lowest BCUT2D eigenvalue weighted by molar-refractivity contribution is -0.141. The van der Waals surface area contributed by atoms with Crippen molar-refractivity contribution in [3.63, 3.8) is 0 Å². The van der Waals surface area contributed by atoms with Gasteiger partial charge >= 0.3 is 6.09 Å². The zero-order valence-electron chi connectivity index (χ0n) is 31.9. The number of carbonyl (C=O) groups is 4. The summed E-state index contributed by atoms with van der Waals surface area (Å²) in [6.45, 7) is 0.171. The van der Waals surface area contributed by atoms with Gasteiger partial charge in [-0.25, -0.2) is 18.2 Å². The zero-order valence-corrected chi connectivity index (χ0v) is 32.7. The number of benzene rings is 1. The number of rotatable bonds is 5. The number of aromatic nitrogens is 1. The molecule has 3 N–H and O–H groups in total. The SMILES string of the molecule is COc1cc2c3cc(c(OC)cc3n1)/C=C/CCCCCOC(=O)N[C@H]1CCCCC/C=C\[C@H]3C[C@@]3(C(=O)NS(=O)(=O)C3CC3)NC(=O)[C@@H]3C[C@H](CN3C1=O)O2. The number of ether oxygens (including phenoxy) is 4. The van der Waals surface area contributed by atoms with Crippen LogP contribution in [0, 0.1) is 5.92 Å². The Morgan fingerprint density at radius 2 is 1.77 bits per heavy atom. The van der Waals surface area contributed by atoms with Crippen LogP contribution in [-0.4, -0.2) is 98.5 Å². The van der Waals surface area contributed by atoms with Crippen LogP contribution in [0.3, 0.4) is 0 Å². The second-order valence-corrected chi connectivity index (χ2v) is 17.3. The van der Waals surface area contributed by atoms with E-state index in [0.717, 1.165) is 37.7 Å². The molecule has 0 unspecified atom stereocenters. The highest BCUT2D eigenvalue weighted by Gasteiger charge is 2.62. The third kappa shape index (κ3) is 8.74. The minimum Gasteiger partial charge on any atom is -0.496 e. The van der Waals surface area contributed by atoms with Gasteiger partial charge in [0, 0.05) is 35.4 Å². The summed E-state index contributed by atoms with van der Waals surface area (Å²) in [7, 11) is -0.813. The van der Waals surface area contributed by atoms with Gasteiger partial charge in [0.1, 0.15) is 35.2 Å². The molecule has 0 spiro atoms. The molecule has 3 aliphatic heterocycles. The summed E-state index contributed by atoms with van der Waals surface area (Å²) in [6.07, 6.45) is 14.0. The van der Waals surface area contributed by atoms with Gasteiger partial charge in [-0.1, -0.05) is 37.1 Å². The summed E-state index contributed by atoms with van der Waals surface area (Å²) in [5, 5.41) is 5.71. The first kappa shape index (κ1) is 39.4. The molecule has 1 aromatic carbocycles. The summed E-state index contributed by atoms with van der Waals surface area (Å²) in [5.41, 5.74) is -0.142. The summed E-state index contributed by atoms with van der Waals surface area (Å²) >= 11 is 0. The minimum absolute atomic E-state index is 0.0161. The van der Waals surface area contributed by atoms with Gasteiger partial charge in [0.05, 0.1) is 38.1 Å². The van der Waals surface area contributed by atoms with Crippen LogP contribution in [0.4, 0.5) is 4.79 Å². The molecule has 15 nitrogen and oxygen atoms in total. The normalized spacial score (nSPS) is 29.0. The van der Waals surface area contributed by atoms with Crippen LogP contribution in [0.1, 0.15) is 89.0 Å². The van der Waals surface area contributed by atoms with Gasteiger partial charge < -0.3 is 34.5 Å². The van der Waals surface area contributed by atoms with Crippen LogP contribution >= 0.6 is 0 Å². The number of fused-ring (bicyclic) bond motifs is 4. The molecule has 2 aromatic rings. The fourth-order valence-electron chi connectivity index (χ4n) is 7.85. The number of hydrogen-bond acceptors (Lipinski definition) is 11. The first-order valence-corrected chi connectivity index (χ1v) is 21.2. The third-order valence-electron chi connectivity index (χ3n) is 11.3. The van der Waals surface area contributed by atoms with Crippen molar-refractivity contribution in [2.24, 2.45) is 5.92 Å². The van der Waals surface area contributed by atoms with E-state index in [-0.39, 0.29) is 26.0 Å². The van der Waals surface area contributed by atoms with E-state index in [9.17, 15) is 27.6 Å². The van der Waals surface area contributed by atoms with E-state index < -0.39 is 68.7 Å². The quantitative estimate of drug-likeness (QED) is 0.366. The Labute approximate surface area is 327 Å². The third-order valence-corrected chi connectivity index (χ3v) is 13.1. The van der Waals surface area contributed by atoms with Crippen LogP contribution < -0.4 is 29.6 Å². The molecule has 4 amide bonds. The maximum atomic E-state index is 14.6. The Balaban J connectivity index is 1.25. The highest BCUT2D eigenvalue weighted by molar-refractivity contribution is 7.91. The van der Waals surface area contributed by atoms with Crippen molar-refractivity contribution in [2.75, 3.05) is 27.4 Å². The van der Waals surface area contributed by atoms with Crippen LogP contribution in [0.2, 0.25) is 0 Å². The average molecular weight is 794 g/mol. The van der Waals surface area contributed by atoms with Gasteiger partial charge in [-0.05, 0) is 70.3 Å². The van der Waals surface area contributed by atoms with E-state index in [1.165, 1.54) is 12.0 Å². The number of methoxy groups -OCH3 is 2. The van der Waals surface area contributed by atoms with Crippen molar-refractivity contribution in [3.05, 3.63) is 42.0 Å². The Morgan fingerprint density at radius 3 is 2.54 bits per heavy atom. The molecule has 1 aromatic heterocycles. The Hall–Kier alpha value is -4.86. The molecule has 1 saturated heterocycles. The smallest absolute Gasteiger partial charge is 0.407 e. The van der Waals surface area contributed by atoms with Gasteiger partial charge in [-0.15, -0.1) is 0 Å². The fourth-order valence-corrected chi connectivity index (χ4v) is 9.22. The van der Waals surface area contributed by atoms with Gasteiger partial charge in [0.25, 0.3) is 5.91 Å². The lowest BCUT2D eigenvalue weighted by atomic mass is 10.0. The number of cyclic esters (lactones) is 1. The van der Waals surface area contributed by atoms with Crippen LogP contribution in [0.25, 0.3) is 17.0 Å². The van der Waals surface area contributed by atoms with Gasteiger partial charge in [0.15, 0.2) is 0 Å². The maximum absolute atomic E-state index is 14.6. The predicted octanol–water partition coefficient (Wildman–Crippen LogP) is 4.29. The topological polar surface area (TPSA) is 192 Å². The highest BCUT2D eigenvalue weighted by Crippen LogP contribution is 2.46. The second kappa shape index (κ2) is 16.7. The molecule has 56 heavy (non-hydrogen) atoms. The van der Waals surface area contributed by atoms with E-state index in [0.29, 0.717) is 66.8 Å². The lowest BCUT2D eigenvalue weighted by Gasteiger charge is -2.29. The highest BCUT2D eigenvalue weighted by atomic mass is 32.2. The number of hydrogen-bond donors (Lipinski definition) is 3. The molecule has 7 rings (SSSR count). The van der Waals surface area contributed by atoms with E-state index in [2.05, 4.69) is 26.4 Å². The summed E-state index contributed by atoms with van der Waals surface area (Å²) in [4.78, 5) is 61.9. The van der Waals surface area contributed by atoms with E-state index >= 15 is 0 Å². The van der Waals surface area contributed by atoms with Gasteiger partial charge in [-0.3, -0.25) is 19.1 Å². The van der Waals surface area contributed by atoms with E-state index in [4.69, 9.17) is 18.9 Å². The van der Waals surface area contributed by atoms with Crippen molar-refractivity contribution < 1.29 is 46.5 Å². The van der Waals surface area contributed by atoms with Gasteiger partial charge in [0.2, 0.25) is 27.7 Å². The molecule has 3 fully saturated rings. The zero-order chi connectivity index (χ0) is 39.5. The number of allylic oxidation sites excluding steroid dienone is 2. The Morgan fingerprint density at radius 1 is 0.982 bits per heavy atom. The lowest BCUT2D eigenvalue weighted by Crippen LogP contribution is -2.58. The molecular formula is C40H51N5O10S. The maximum Gasteiger partial charge on any atom is 0.407 e. The molecule has 5 bridgehead atoms. The average Bonchev–Trinajstić information content (AvgIpc) is 4.10. The van der Waals surface area contributed by atoms with Crippen molar-refractivity contribution in [1.29, 1.82) is 0 Å². The van der Waals surface area contributed by atoms with Gasteiger partial charge in [-0.2, -0.15) is 0 Å². The number of amides is 4. The van der Waals surface area contributed by atoms with Crippen molar-refractivity contribution in [2.45, 2.75) is 112 Å². The summed E-state index contributed by atoms with van der Waals surface area (Å²) in [6, 6.07) is 3.29. The standard InChI is InChI=1S/C40H51N5O10S/c1-52-33-21-31-29-19-25(33)13-9-5-4-8-12-18-54-39(49)42-30-15-11-7-3-6-10-14-26-23-40(26,38(48)44-56(50,51)28-16-17-28)43-36(46)32-20-27(24-45(32)37(30)47)55-34(29)22-35(41-31)53-2/h9-10,13-14,19,21-22,26-28,30,32H,3-8,11-12,15-18,20,23-24H2,1-2H3,(H,42,49)(H,43,46)(H,44,48)/b13-9+,14-10-/t26-,27+,30-,32-,40+/m0/s1. The molecule has 5 atom stereocenters. The first-order chi connectivity index (χ1) is 27.0. The first-order valence-electron chi connectivity index (χ1n) is 19.7. The number of nitrogens with one attached hydrogen (secondary N) is 3. The van der Waals surface area contributed by atoms with E-state index in [1.54, 1.807) is 13.2 Å². The fraction of sp³-hybridized carbons (Fsp3) is 0.575. The summed E-state index contributed by atoms with van der Waals surface area (Å²) < 4.78 is 51.4. The molecule has 4 heterocycles. The van der Waals surface area contributed by atoms with Crippen LogP contribution in [-0.2, 0) is 29.1 Å². The number of sulfonamides is 1. The molecule has 16 heteroatoms. The minimum atomic E-state index is -3.90. The monoisotopic (exact) mass is 793 g/mol. The van der Waals surface area contributed by atoms with Crippen molar-refractivity contribution >= 4 is 50.8 Å². The predicted molar refractivity (Wildman–Crippen MR) is 206 cm³/mol. The number of carbonyl (C=O) groups excluding carboxylic acids is 4. The molecule has 5 aliphatic rings. The largest absolute Gasteiger partial charge is 0.496 e. The molecule has 302 valence electrons. The van der Waals surface area contributed by atoms with Crippen molar-refractivity contribution in [1.82, 2.24) is 25.2 Å². The number of alkyl carbamates (subject to hydrolysis) is 1. The Kier molecular flexibility index (Phi) is 11.7. The summed E-state index contributed by atoms with van der Waals surface area (Å²) in [5.74, 6) is -1.000. The molecular weight excluding hydrogens is 743 g/mol. The second-order valence-electron chi connectivity index (χ2n) is 15.4.